The summed E-state index contributed by atoms with van der Waals surface area (Å²) >= 11 is 1.43. The van der Waals surface area contributed by atoms with Gasteiger partial charge in [0.25, 0.3) is 0 Å². The fraction of sp³-hybridized carbons (Fsp3) is 0.455. The molecular formula is C33H39F3N2O2S. The SMILES string of the molecule is C=C/C=C(\C=C1/COC(F)(F)O1)CCN1CCc2cc(SNc3ccc(CCCC4CCCC4)cc3F)ccc2C1. The summed E-state index contributed by atoms with van der Waals surface area (Å²) in [6, 6.07) is 12.0. The molecule has 1 aliphatic carbocycles. The van der Waals surface area contributed by atoms with E-state index < -0.39 is 6.29 Å². The van der Waals surface area contributed by atoms with Crippen LogP contribution < -0.4 is 4.72 Å². The average Bonchev–Trinajstić information content (AvgIpc) is 3.60. The minimum absolute atomic E-state index is 0.121. The van der Waals surface area contributed by atoms with Crippen LogP contribution in [0.4, 0.5) is 18.9 Å². The average molecular weight is 585 g/mol. The van der Waals surface area contributed by atoms with Crippen molar-refractivity contribution in [2.75, 3.05) is 24.4 Å². The van der Waals surface area contributed by atoms with E-state index in [1.807, 2.05) is 18.2 Å². The fourth-order valence-corrected chi connectivity index (χ4v) is 6.66. The Hall–Kier alpha value is -2.68. The van der Waals surface area contributed by atoms with Gasteiger partial charge in [0.05, 0.1) is 5.69 Å². The lowest BCUT2D eigenvalue weighted by Crippen LogP contribution is -2.31. The van der Waals surface area contributed by atoms with Crippen LogP contribution in [0.3, 0.4) is 0 Å². The maximum Gasteiger partial charge on any atom is 0.535 e. The molecule has 0 atom stereocenters. The van der Waals surface area contributed by atoms with E-state index in [1.165, 1.54) is 55.2 Å². The van der Waals surface area contributed by atoms with Gasteiger partial charge in [0.15, 0.2) is 0 Å². The van der Waals surface area contributed by atoms with Gasteiger partial charge in [-0.05, 0) is 96.2 Å². The first-order valence-electron chi connectivity index (χ1n) is 14.7. The number of halogens is 3. The Balaban J connectivity index is 1.09. The molecule has 1 N–H and O–H groups in total. The Morgan fingerprint density at radius 1 is 1.15 bits per heavy atom. The largest absolute Gasteiger partial charge is 0.535 e. The van der Waals surface area contributed by atoms with Crippen molar-refractivity contribution < 1.29 is 22.6 Å². The monoisotopic (exact) mass is 584 g/mol. The summed E-state index contributed by atoms with van der Waals surface area (Å²) in [7, 11) is 0. The molecule has 2 aliphatic heterocycles. The van der Waals surface area contributed by atoms with Gasteiger partial charge in [0, 0.05) is 24.5 Å². The van der Waals surface area contributed by atoms with Crippen molar-refractivity contribution in [2.24, 2.45) is 5.92 Å². The van der Waals surface area contributed by atoms with E-state index in [9.17, 15) is 13.2 Å². The van der Waals surface area contributed by atoms with E-state index in [-0.39, 0.29) is 18.2 Å². The lowest BCUT2D eigenvalue weighted by atomic mass is 9.98. The molecule has 0 aromatic heterocycles. The number of ether oxygens (including phenoxy) is 2. The third-order valence-electron chi connectivity index (χ3n) is 8.16. The van der Waals surface area contributed by atoms with Crippen molar-refractivity contribution in [2.45, 2.75) is 75.5 Å². The number of benzene rings is 2. The van der Waals surface area contributed by atoms with Gasteiger partial charge in [-0.25, -0.2) is 4.39 Å². The second-order valence-electron chi connectivity index (χ2n) is 11.2. The molecule has 0 bridgehead atoms. The molecule has 2 fully saturated rings. The van der Waals surface area contributed by atoms with Gasteiger partial charge >= 0.3 is 6.29 Å². The van der Waals surface area contributed by atoms with Crippen LogP contribution in [-0.2, 0) is 28.9 Å². The lowest BCUT2D eigenvalue weighted by Gasteiger charge is -2.29. The number of hydrogen-bond acceptors (Lipinski definition) is 5. The van der Waals surface area contributed by atoms with E-state index in [0.717, 1.165) is 60.8 Å². The summed E-state index contributed by atoms with van der Waals surface area (Å²) in [5.41, 5.74) is 5.02. The summed E-state index contributed by atoms with van der Waals surface area (Å²) in [6.07, 6.45) is 11.9. The molecule has 2 aromatic carbocycles. The van der Waals surface area contributed by atoms with Crippen LogP contribution in [0, 0.1) is 11.7 Å². The van der Waals surface area contributed by atoms with Crippen molar-refractivity contribution in [3.63, 3.8) is 0 Å². The van der Waals surface area contributed by atoms with Gasteiger partial charge in [0.1, 0.15) is 18.2 Å². The Kier molecular flexibility index (Phi) is 10.2. The molecule has 0 amide bonds. The van der Waals surface area contributed by atoms with E-state index in [4.69, 9.17) is 0 Å². The molecule has 41 heavy (non-hydrogen) atoms. The van der Waals surface area contributed by atoms with E-state index in [0.29, 0.717) is 12.1 Å². The number of nitrogens with one attached hydrogen (secondary N) is 1. The molecule has 1 saturated heterocycles. The molecule has 2 heterocycles. The Morgan fingerprint density at radius 2 is 2.00 bits per heavy atom. The van der Waals surface area contributed by atoms with Gasteiger partial charge in [-0.3, -0.25) is 9.64 Å². The topological polar surface area (TPSA) is 33.7 Å². The highest BCUT2D eigenvalue weighted by atomic mass is 32.2. The van der Waals surface area contributed by atoms with Crippen LogP contribution in [0.15, 0.2) is 77.4 Å². The van der Waals surface area contributed by atoms with Gasteiger partial charge < -0.3 is 9.46 Å². The maximum absolute atomic E-state index is 14.8. The predicted molar refractivity (Wildman–Crippen MR) is 159 cm³/mol. The third-order valence-corrected chi connectivity index (χ3v) is 8.97. The second-order valence-corrected chi connectivity index (χ2v) is 12.1. The second kappa shape index (κ2) is 14.0. The zero-order valence-electron chi connectivity index (χ0n) is 23.5. The van der Waals surface area contributed by atoms with E-state index >= 15 is 0 Å². The predicted octanol–water partition coefficient (Wildman–Crippen LogP) is 8.80. The zero-order valence-corrected chi connectivity index (χ0v) is 24.3. The number of fused-ring (bicyclic) bond motifs is 1. The van der Waals surface area contributed by atoms with Crippen LogP contribution in [0.25, 0.3) is 0 Å². The number of hydrogen-bond donors (Lipinski definition) is 1. The van der Waals surface area contributed by atoms with Crippen LogP contribution in [0.2, 0.25) is 0 Å². The van der Waals surface area contributed by atoms with E-state index in [1.54, 1.807) is 18.2 Å². The molecule has 0 radical (unpaired) electrons. The van der Waals surface area contributed by atoms with Gasteiger partial charge in [-0.1, -0.05) is 63.0 Å². The third kappa shape index (κ3) is 8.66. The van der Waals surface area contributed by atoms with Crippen LogP contribution in [0.1, 0.15) is 61.6 Å². The van der Waals surface area contributed by atoms with Crippen molar-refractivity contribution in [1.82, 2.24) is 4.90 Å². The summed E-state index contributed by atoms with van der Waals surface area (Å²) < 4.78 is 53.2. The normalized spacial score (nSPS) is 20.3. The fourth-order valence-electron chi connectivity index (χ4n) is 5.93. The molecule has 5 rings (SSSR count). The lowest BCUT2D eigenvalue weighted by molar-refractivity contribution is -0.334. The van der Waals surface area contributed by atoms with Crippen LogP contribution >= 0.6 is 11.9 Å². The first-order chi connectivity index (χ1) is 19.9. The molecule has 220 valence electrons. The first kappa shape index (κ1) is 29.8. The minimum Gasteiger partial charge on any atom is -0.411 e. The summed E-state index contributed by atoms with van der Waals surface area (Å²) in [5.74, 6) is 0.794. The van der Waals surface area contributed by atoms with E-state index in [2.05, 4.69) is 43.9 Å². The smallest absolute Gasteiger partial charge is 0.411 e. The number of allylic oxidation sites excluding steroid dienone is 3. The van der Waals surface area contributed by atoms with Crippen LogP contribution in [0.5, 0.6) is 0 Å². The van der Waals surface area contributed by atoms with Gasteiger partial charge in [0.2, 0.25) is 0 Å². The highest BCUT2D eigenvalue weighted by molar-refractivity contribution is 8.00. The molecule has 3 aliphatic rings. The molecule has 0 spiro atoms. The zero-order chi connectivity index (χ0) is 28.7. The molecule has 1 saturated carbocycles. The molecular weight excluding hydrogens is 545 g/mol. The highest BCUT2D eigenvalue weighted by Crippen LogP contribution is 2.32. The standard InChI is InChI=1S/C33H39F3N2O2S/c1-2-6-25(19-29-23-39-33(35,36)40-29)15-17-38-18-16-27-21-30(13-12-28(27)22-38)41-37-32-14-11-26(20-31(32)34)10-5-9-24-7-3-4-8-24/h2,6,11-14,19-21,24,37H,1,3-5,7-10,15-18,22-23H2/b25-6-,29-19+. The first-order valence-corrected chi connectivity index (χ1v) is 15.5. The number of rotatable bonds is 12. The molecule has 4 nitrogen and oxygen atoms in total. The number of aryl methyl sites for hydroxylation is 1. The molecule has 2 aromatic rings. The molecule has 8 heteroatoms. The maximum atomic E-state index is 14.8. The van der Waals surface area contributed by atoms with Gasteiger partial charge in [-0.15, -0.1) is 8.78 Å². The number of alkyl halides is 2. The number of anilines is 1. The Labute approximate surface area is 245 Å². The van der Waals surface area contributed by atoms with Crippen molar-refractivity contribution in [3.05, 3.63) is 95.0 Å². The summed E-state index contributed by atoms with van der Waals surface area (Å²) in [6.45, 7) is 6.00. The highest BCUT2D eigenvalue weighted by Gasteiger charge is 2.41. The van der Waals surface area contributed by atoms with Crippen molar-refractivity contribution in [3.8, 4) is 0 Å². The Bertz CT molecular complexity index is 1270. The quantitative estimate of drug-likeness (QED) is 0.199. The Morgan fingerprint density at radius 3 is 2.76 bits per heavy atom. The number of nitrogens with zero attached hydrogens (tertiary/aromatic N) is 1. The summed E-state index contributed by atoms with van der Waals surface area (Å²) in [4.78, 5) is 3.41. The van der Waals surface area contributed by atoms with Crippen molar-refractivity contribution >= 4 is 17.6 Å². The summed E-state index contributed by atoms with van der Waals surface area (Å²) in [5, 5.41) is 0. The minimum atomic E-state index is -3.55. The van der Waals surface area contributed by atoms with Gasteiger partial charge in [-0.2, -0.15) is 0 Å². The molecule has 0 unspecified atom stereocenters. The van der Waals surface area contributed by atoms with Crippen LogP contribution in [-0.4, -0.2) is 30.9 Å². The van der Waals surface area contributed by atoms with Crippen molar-refractivity contribution in [1.29, 1.82) is 0 Å².